The summed E-state index contributed by atoms with van der Waals surface area (Å²) in [7, 11) is 0. The Bertz CT molecular complexity index is 4440. The number of carbonyl (C=O) groups excluding carboxylic acids is 5. The van der Waals surface area contributed by atoms with Gasteiger partial charge >= 0.3 is 29.8 Å². The zero-order chi connectivity index (χ0) is 89.6. The number of ether oxygens (including phenoxy) is 6. The van der Waals surface area contributed by atoms with Crippen molar-refractivity contribution >= 4 is 29.8 Å². The molecule has 11 heteroatoms. The summed E-state index contributed by atoms with van der Waals surface area (Å²) in [5.41, 5.74) is 0.351. The van der Waals surface area contributed by atoms with Crippen LogP contribution in [0.5, 0.6) is 0 Å². The van der Waals surface area contributed by atoms with Gasteiger partial charge in [-0.15, -0.1) is 0 Å². The number of carbonyl (C=O) groups is 5. The van der Waals surface area contributed by atoms with Crippen molar-refractivity contribution in [2.75, 3.05) is 6.61 Å². The maximum absolute atomic E-state index is 13.6. The van der Waals surface area contributed by atoms with Crippen LogP contribution in [0.2, 0.25) is 0 Å². The van der Waals surface area contributed by atoms with Gasteiger partial charge in [0.25, 0.3) is 0 Å². The molecule has 0 amide bonds. The molecule has 728 valence electrons. The molecule has 0 spiro atoms. The maximum atomic E-state index is 13.6. The van der Waals surface area contributed by atoms with E-state index in [4.69, 9.17) is 28.4 Å². The van der Waals surface area contributed by atoms with Crippen LogP contribution < -0.4 is 0 Å². The van der Waals surface area contributed by atoms with Gasteiger partial charge in [-0.2, -0.15) is 0 Å². The summed E-state index contributed by atoms with van der Waals surface area (Å²) in [5.74, 6) is 46.8. The van der Waals surface area contributed by atoms with Gasteiger partial charge in [-0.05, 0) is 551 Å². The summed E-state index contributed by atoms with van der Waals surface area (Å²) in [6.07, 6.45) is 48.2. The van der Waals surface area contributed by atoms with Crippen molar-refractivity contribution < 1.29 is 52.4 Å². The second-order valence-corrected chi connectivity index (χ2v) is 59.2. The quantitative estimate of drug-likeness (QED) is 0.117. The zero-order valence-corrected chi connectivity index (χ0v) is 84.5. The summed E-state index contributed by atoms with van der Waals surface area (Å²) in [4.78, 5) is 66.4. The highest BCUT2D eigenvalue weighted by atomic mass is 16.7. The average molecular weight is 1810 g/mol. The normalized spacial score (nSPS) is 62.7. The third kappa shape index (κ3) is 12.4. The van der Waals surface area contributed by atoms with Crippen molar-refractivity contribution in [1.29, 1.82) is 0 Å². The molecular formula is C121H178O11. The molecule has 35 fully saturated rings. The minimum atomic E-state index is -0.259. The minimum Gasteiger partial charge on any atom is -0.462 e. The number of hydrogen-bond acceptors (Lipinski definition) is 11. The molecule has 34 bridgehead atoms. The van der Waals surface area contributed by atoms with Crippen LogP contribution in [0.4, 0.5) is 0 Å². The molecule has 49 unspecified atom stereocenters. The zero-order valence-electron chi connectivity index (χ0n) is 84.5. The summed E-state index contributed by atoms with van der Waals surface area (Å²) in [6.45, 7) is 35.3. The molecule has 0 aromatic heterocycles. The first kappa shape index (κ1) is 87.1. The first-order chi connectivity index (χ1) is 63.4. The van der Waals surface area contributed by atoms with Gasteiger partial charge in [0.1, 0.15) is 23.4 Å². The molecule has 0 aromatic rings. The van der Waals surface area contributed by atoms with Gasteiger partial charge in [0, 0.05) is 11.8 Å². The van der Waals surface area contributed by atoms with Crippen molar-refractivity contribution in [3.05, 3.63) is 0 Å². The molecule has 1 aliphatic heterocycles. The van der Waals surface area contributed by atoms with Crippen LogP contribution in [0.3, 0.4) is 0 Å². The van der Waals surface area contributed by atoms with Crippen molar-refractivity contribution in [2.24, 2.45) is 348 Å². The predicted molar refractivity (Wildman–Crippen MR) is 507 cm³/mol. The van der Waals surface area contributed by atoms with E-state index in [1.165, 1.54) is 193 Å². The van der Waals surface area contributed by atoms with E-state index in [0.29, 0.717) is 64.8 Å². The number of esters is 5. The van der Waals surface area contributed by atoms with Crippen LogP contribution >= 0.6 is 0 Å². The van der Waals surface area contributed by atoms with E-state index in [2.05, 4.69) is 96.9 Å². The van der Waals surface area contributed by atoms with E-state index < -0.39 is 0 Å². The molecule has 35 rings (SSSR count). The average Bonchev–Trinajstić information content (AvgIpc) is 1.53. The van der Waals surface area contributed by atoms with Gasteiger partial charge in [0.2, 0.25) is 6.29 Å². The number of fused-ring (bicyclic) bond motifs is 47. The monoisotopic (exact) mass is 1810 g/mol. The molecular weight excluding hydrogens is 1630 g/mol. The largest absolute Gasteiger partial charge is 0.462 e. The van der Waals surface area contributed by atoms with E-state index in [1.54, 1.807) is 0 Å². The Morgan fingerprint density at radius 3 is 0.902 bits per heavy atom. The molecule has 1 heterocycles. The van der Waals surface area contributed by atoms with E-state index in [0.717, 1.165) is 306 Å². The lowest BCUT2D eigenvalue weighted by Crippen LogP contribution is -2.58. The van der Waals surface area contributed by atoms with Crippen molar-refractivity contribution in [3.63, 3.8) is 0 Å². The number of rotatable bonds is 10. The third-order valence-corrected chi connectivity index (χ3v) is 55.9. The molecule has 34 aliphatic carbocycles. The Kier molecular flexibility index (Phi) is 20.3. The fourth-order valence-electron chi connectivity index (χ4n) is 50.4. The van der Waals surface area contributed by atoms with Gasteiger partial charge in [-0.25, -0.2) is 0 Å². The topological polar surface area (TPSA) is 141 Å². The first-order valence-electron chi connectivity index (χ1n) is 59.1. The Labute approximate surface area is 796 Å². The fraction of sp³-hybridized carbons (Fsp3) is 0.959. The van der Waals surface area contributed by atoms with Gasteiger partial charge in [-0.1, -0.05) is 90.0 Å². The summed E-state index contributed by atoms with van der Waals surface area (Å²) < 4.78 is 37.2. The molecule has 49 atom stereocenters. The Hall–Kier alpha value is -2.69. The molecule has 0 N–H and O–H groups in total. The van der Waals surface area contributed by atoms with E-state index in [1.807, 2.05) is 0 Å². The second-order valence-electron chi connectivity index (χ2n) is 59.2. The summed E-state index contributed by atoms with van der Waals surface area (Å²) in [6, 6.07) is 0. The lowest BCUT2D eigenvalue weighted by Gasteiger charge is -2.59. The van der Waals surface area contributed by atoms with Crippen LogP contribution in [0, 0.1) is 348 Å². The Morgan fingerprint density at radius 1 is 0.265 bits per heavy atom. The fourth-order valence-corrected chi connectivity index (χ4v) is 50.4. The van der Waals surface area contributed by atoms with Gasteiger partial charge < -0.3 is 28.4 Å². The van der Waals surface area contributed by atoms with Gasteiger partial charge in [-0.3, -0.25) is 24.0 Å². The molecule has 34 saturated carbocycles. The van der Waals surface area contributed by atoms with E-state index in [-0.39, 0.29) is 88.4 Å². The summed E-state index contributed by atoms with van der Waals surface area (Å²) >= 11 is 0. The highest BCUT2D eigenvalue weighted by Crippen LogP contribution is 2.79. The lowest BCUT2D eigenvalue weighted by molar-refractivity contribution is -0.209. The SMILES string of the molecule is CC1C(C)C2CC1C1C3CC(C(=O)OC4(C)C5CC6CC(C5)CC4C6)C(C3)C21.CC1C(C)C2CC1C1C3CC(C(=O)OC45CC6CC(CC(C6)C4)C5)C(C3)C21.CC1C(C)C2CC1C1C3CC(C(=O)OC4C5CC6CC(C5)CC4C6)C(C3)C21.CC1C(C)C2CC1C1C3CC(C(=O)OC4CC5CCC4(C)C5(C)C)C(C3)C21.CC1C(C)C2CC1C1C3CC(C(=O)OC4CCCCO4)C(C3)C21. The molecule has 35 aliphatic rings. The first-order valence-corrected chi connectivity index (χ1v) is 59.1. The van der Waals surface area contributed by atoms with Crippen molar-refractivity contribution in [2.45, 2.75) is 364 Å². The smallest absolute Gasteiger partial charge is 0.311 e. The van der Waals surface area contributed by atoms with Crippen molar-refractivity contribution in [3.8, 4) is 0 Å². The highest BCUT2D eigenvalue weighted by molar-refractivity contribution is 5.77. The Balaban J connectivity index is 0.0000000827. The standard InChI is InChI=1S/C26H38O2.2C25H36O2.C25H38O2.C20H30O3/c1-12-13(2)20-11-19(12)23-16-9-21(24(20)23)22(10-16)25(27)28-26(3)17-5-14-4-15(7-17)8-18(26)6-14;1-12-13(2)19-8-18(12)22-17-6-20(23(19)22)21(7-17)24(26)27-25-9-14-3-15(10-25)5-16(4-14)11-25;1-11-12(2)19-10-18(11)22-15-8-20(23(19)22)21(9-15)25(26)27-24-16-4-13-3-14(6-16)7-17(24)5-13;1-12-13(2)17-11-16(12)21-14-8-18(22(17)21)19(9-14)23(26)27-20-10-15-6-7-25(20,5)24(15,3)4;1-10-11(2)14-9-13(10)18-12-7-15(19(14)18)16(8-12)20(21)23-17-5-3-4-6-22-17/h12-24H,4-11H2,1-3H3;12-23H,3-11H2,1-2H3;11-24H,3-10H2,1-2H3;12-22H,6-11H2,1-5H3;10-19H,3-9H2,1-2H3. The van der Waals surface area contributed by atoms with E-state index in [9.17, 15) is 24.0 Å². The highest BCUT2D eigenvalue weighted by Gasteiger charge is 2.75. The van der Waals surface area contributed by atoms with E-state index >= 15 is 0 Å². The molecule has 11 nitrogen and oxygen atoms in total. The predicted octanol–water partition coefficient (Wildman–Crippen LogP) is 25.4. The van der Waals surface area contributed by atoms with Crippen LogP contribution in [-0.2, 0) is 52.4 Å². The van der Waals surface area contributed by atoms with Crippen LogP contribution in [0.15, 0.2) is 0 Å². The maximum Gasteiger partial charge on any atom is 0.311 e. The van der Waals surface area contributed by atoms with Crippen LogP contribution in [0.25, 0.3) is 0 Å². The number of hydrogen-bond donors (Lipinski definition) is 0. The van der Waals surface area contributed by atoms with Crippen molar-refractivity contribution in [1.82, 2.24) is 0 Å². The van der Waals surface area contributed by atoms with Crippen LogP contribution in [0.1, 0.15) is 335 Å². The molecule has 132 heavy (non-hydrogen) atoms. The summed E-state index contributed by atoms with van der Waals surface area (Å²) in [5, 5.41) is 0. The molecule has 0 aromatic carbocycles. The molecule has 0 radical (unpaired) electrons. The Morgan fingerprint density at radius 2 is 0.576 bits per heavy atom. The minimum absolute atomic E-state index is 0.0381. The third-order valence-electron chi connectivity index (χ3n) is 55.9. The second kappa shape index (κ2) is 30.7. The van der Waals surface area contributed by atoms with Crippen LogP contribution in [-0.4, -0.2) is 66.2 Å². The van der Waals surface area contributed by atoms with Gasteiger partial charge in [0.05, 0.1) is 36.2 Å². The van der Waals surface area contributed by atoms with Gasteiger partial charge in [0.15, 0.2) is 0 Å². The lowest BCUT2D eigenvalue weighted by atomic mass is 9.50. The molecule has 1 saturated heterocycles.